The standard InChI is InChI=1S/C14H12O5/c15-9-12(8-11-6-7-13(16)18-11)19-14(17)10-4-2-1-3-5-10/h1-8,12,15H,9H2/t12-/m0/s1. The van der Waals surface area contributed by atoms with Crippen LogP contribution in [-0.2, 0) is 14.3 Å². The van der Waals surface area contributed by atoms with Crippen LogP contribution in [0.25, 0.3) is 0 Å². The van der Waals surface area contributed by atoms with E-state index in [1.165, 1.54) is 18.2 Å². The molecule has 0 unspecified atom stereocenters. The van der Waals surface area contributed by atoms with Crippen LogP contribution in [0, 0.1) is 0 Å². The fourth-order valence-electron chi connectivity index (χ4n) is 1.51. The van der Waals surface area contributed by atoms with Crippen molar-refractivity contribution in [3.05, 3.63) is 59.9 Å². The molecule has 98 valence electrons. The summed E-state index contributed by atoms with van der Waals surface area (Å²) >= 11 is 0. The molecule has 1 N–H and O–H groups in total. The summed E-state index contributed by atoms with van der Waals surface area (Å²) in [5, 5.41) is 9.16. The monoisotopic (exact) mass is 260 g/mol. The highest BCUT2D eigenvalue weighted by atomic mass is 16.6. The molecule has 0 radical (unpaired) electrons. The van der Waals surface area contributed by atoms with Crippen molar-refractivity contribution in [3.8, 4) is 0 Å². The Hall–Kier alpha value is -2.40. The van der Waals surface area contributed by atoms with Crippen LogP contribution in [-0.4, -0.2) is 29.8 Å². The molecular weight excluding hydrogens is 248 g/mol. The lowest BCUT2D eigenvalue weighted by Gasteiger charge is -2.12. The van der Waals surface area contributed by atoms with E-state index in [1.807, 2.05) is 0 Å². The van der Waals surface area contributed by atoms with Gasteiger partial charge in [0.25, 0.3) is 0 Å². The number of esters is 2. The number of carbonyl (C=O) groups excluding carboxylic acids is 2. The van der Waals surface area contributed by atoms with Gasteiger partial charge in [0.05, 0.1) is 12.2 Å². The average molecular weight is 260 g/mol. The smallest absolute Gasteiger partial charge is 0.338 e. The van der Waals surface area contributed by atoms with E-state index in [-0.39, 0.29) is 5.76 Å². The summed E-state index contributed by atoms with van der Waals surface area (Å²) < 4.78 is 9.88. The number of aliphatic hydroxyl groups excluding tert-OH is 1. The van der Waals surface area contributed by atoms with E-state index in [0.29, 0.717) is 5.56 Å². The summed E-state index contributed by atoms with van der Waals surface area (Å²) in [6.45, 7) is -0.395. The first kappa shape index (κ1) is 13.0. The molecule has 1 aliphatic rings. The molecule has 5 nitrogen and oxygen atoms in total. The van der Waals surface area contributed by atoms with Gasteiger partial charge in [-0.15, -0.1) is 0 Å². The van der Waals surface area contributed by atoms with Gasteiger partial charge in [0.15, 0.2) is 0 Å². The van der Waals surface area contributed by atoms with Gasteiger partial charge in [-0.25, -0.2) is 9.59 Å². The molecule has 0 bridgehead atoms. The van der Waals surface area contributed by atoms with Crippen molar-refractivity contribution in [2.75, 3.05) is 6.61 Å². The summed E-state index contributed by atoms with van der Waals surface area (Å²) in [7, 11) is 0. The average Bonchev–Trinajstić information content (AvgIpc) is 2.84. The molecule has 1 heterocycles. The van der Waals surface area contributed by atoms with Gasteiger partial charge in [-0.1, -0.05) is 18.2 Å². The van der Waals surface area contributed by atoms with E-state index in [9.17, 15) is 9.59 Å². The Bertz CT molecular complexity index is 530. The fraction of sp³-hybridized carbons (Fsp3) is 0.143. The zero-order valence-electron chi connectivity index (χ0n) is 9.98. The molecule has 0 fully saturated rings. The quantitative estimate of drug-likeness (QED) is 0.823. The number of benzene rings is 1. The van der Waals surface area contributed by atoms with Gasteiger partial charge >= 0.3 is 11.9 Å². The number of ether oxygens (including phenoxy) is 2. The highest BCUT2D eigenvalue weighted by Gasteiger charge is 2.16. The number of hydrogen-bond donors (Lipinski definition) is 1. The summed E-state index contributed by atoms with van der Waals surface area (Å²) in [5.41, 5.74) is 0.387. The van der Waals surface area contributed by atoms with E-state index in [1.54, 1.807) is 30.3 Å². The first-order valence-corrected chi connectivity index (χ1v) is 5.67. The molecule has 0 saturated carbocycles. The van der Waals surface area contributed by atoms with E-state index in [4.69, 9.17) is 14.6 Å². The van der Waals surface area contributed by atoms with Crippen LogP contribution in [0.1, 0.15) is 10.4 Å². The Morgan fingerprint density at radius 2 is 2.05 bits per heavy atom. The number of cyclic esters (lactones) is 1. The van der Waals surface area contributed by atoms with Gasteiger partial charge < -0.3 is 14.6 Å². The number of allylic oxidation sites excluding steroid dienone is 1. The van der Waals surface area contributed by atoms with Gasteiger partial charge in [-0.3, -0.25) is 0 Å². The van der Waals surface area contributed by atoms with E-state index < -0.39 is 24.6 Å². The second-order valence-corrected chi connectivity index (χ2v) is 3.82. The second-order valence-electron chi connectivity index (χ2n) is 3.82. The van der Waals surface area contributed by atoms with Gasteiger partial charge in [0.1, 0.15) is 11.9 Å². The normalized spacial score (nSPS) is 17.3. The van der Waals surface area contributed by atoms with Crippen LogP contribution >= 0.6 is 0 Å². The van der Waals surface area contributed by atoms with Crippen molar-refractivity contribution >= 4 is 11.9 Å². The second kappa shape index (κ2) is 5.97. The molecule has 0 spiro atoms. The van der Waals surface area contributed by atoms with Crippen molar-refractivity contribution in [2.45, 2.75) is 6.10 Å². The van der Waals surface area contributed by atoms with Crippen molar-refractivity contribution in [1.82, 2.24) is 0 Å². The topological polar surface area (TPSA) is 72.8 Å². The van der Waals surface area contributed by atoms with Gasteiger partial charge in [0, 0.05) is 12.2 Å². The summed E-state index contributed by atoms with van der Waals surface area (Å²) in [4.78, 5) is 22.6. The van der Waals surface area contributed by atoms with E-state index >= 15 is 0 Å². The zero-order valence-corrected chi connectivity index (χ0v) is 9.98. The van der Waals surface area contributed by atoms with Crippen molar-refractivity contribution in [3.63, 3.8) is 0 Å². The Kier molecular flexibility index (Phi) is 4.10. The van der Waals surface area contributed by atoms with E-state index in [0.717, 1.165) is 0 Å². The maximum Gasteiger partial charge on any atom is 0.338 e. The van der Waals surface area contributed by atoms with Crippen molar-refractivity contribution in [2.24, 2.45) is 0 Å². The summed E-state index contributed by atoms with van der Waals surface area (Å²) in [5.74, 6) is -0.785. The van der Waals surface area contributed by atoms with Gasteiger partial charge in [0.2, 0.25) is 0 Å². The Balaban J connectivity index is 2.02. The van der Waals surface area contributed by atoms with Crippen LogP contribution in [0.2, 0.25) is 0 Å². The third-order valence-corrected chi connectivity index (χ3v) is 2.40. The number of aliphatic hydroxyl groups is 1. The van der Waals surface area contributed by atoms with Crippen LogP contribution in [0.4, 0.5) is 0 Å². The Morgan fingerprint density at radius 1 is 1.32 bits per heavy atom. The third-order valence-electron chi connectivity index (χ3n) is 2.40. The highest BCUT2D eigenvalue weighted by molar-refractivity contribution is 5.89. The molecule has 1 aromatic rings. The number of rotatable bonds is 4. The first-order valence-electron chi connectivity index (χ1n) is 5.67. The summed E-state index contributed by atoms with van der Waals surface area (Å²) in [6, 6.07) is 8.43. The predicted octanol–water partition coefficient (Wildman–Crippen LogP) is 1.20. The van der Waals surface area contributed by atoms with Gasteiger partial charge in [-0.2, -0.15) is 0 Å². The lowest BCUT2D eigenvalue weighted by molar-refractivity contribution is -0.132. The van der Waals surface area contributed by atoms with E-state index in [2.05, 4.69) is 0 Å². The molecule has 0 saturated heterocycles. The van der Waals surface area contributed by atoms with Crippen LogP contribution in [0.15, 0.2) is 54.3 Å². The summed E-state index contributed by atoms with van der Waals surface area (Å²) in [6.07, 6.45) is 3.21. The van der Waals surface area contributed by atoms with Crippen molar-refractivity contribution in [1.29, 1.82) is 0 Å². The van der Waals surface area contributed by atoms with Crippen LogP contribution < -0.4 is 0 Å². The van der Waals surface area contributed by atoms with Crippen molar-refractivity contribution < 1.29 is 24.2 Å². The molecule has 1 atom stereocenters. The molecule has 2 rings (SSSR count). The maximum atomic E-state index is 11.8. The maximum absolute atomic E-state index is 11.8. The lowest BCUT2D eigenvalue weighted by atomic mass is 10.2. The molecule has 5 heteroatoms. The molecule has 0 aliphatic carbocycles. The molecule has 0 amide bonds. The molecule has 19 heavy (non-hydrogen) atoms. The zero-order chi connectivity index (χ0) is 13.7. The van der Waals surface area contributed by atoms with Crippen LogP contribution in [0.3, 0.4) is 0 Å². The molecule has 1 aliphatic heterocycles. The molecule has 0 aromatic heterocycles. The van der Waals surface area contributed by atoms with Crippen LogP contribution in [0.5, 0.6) is 0 Å². The largest absolute Gasteiger partial charge is 0.452 e. The number of hydrogen-bond acceptors (Lipinski definition) is 5. The highest BCUT2D eigenvalue weighted by Crippen LogP contribution is 2.12. The minimum atomic E-state index is -0.863. The van der Waals surface area contributed by atoms with Gasteiger partial charge in [-0.05, 0) is 18.2 Å². The number of carbonyl (C=O) groups is 2. The third kappa shape index (κ3) is 3.53. The predicted molar refractivity (Wildman–Crippen MR) is 66.0 cm³/mol. The first-order chi connectivity index (χ1) is 9.19. The minimum absolute atomic E-state index is 0.255. The SMILES string of the molecule is O=C1C=CC(=C[C@@H](CO)OC(=O)c2ccccc2)O1. The minimum Gasteiger partial charge on any atom is -0.452 e. The Morgan fingerprint density at radius 3 is 2.63 bits per heavy atom. The Labute approximate surface area is 109 Å². The lowest BCUT2D eigenvalue weighted by Crippen LogP contribution is -2.20. The fourth-order valence-corrected chi connectivity index (χ4v) is 1.51. The molecular formula is C14H12O5. The molecule has 1 aromatic carbocycles.